The number of hydrogen-bond donors (Lipinski definition) is 2. The van der Waals surface area contributed by atoms with Crippen LogP contribution >= 0.6 is 0 Å². The molecule has 0 saturated heterocycles. The normalized spacial score (nSPS) is 20.9. The Bertz CT molecular complexity index is 792. The molecule has 136 valence electrons. The number of carbonyl (C=O) groups excluding carboxylic acids is 2. The van der Waals surface area contributed by atoms with Gasteiger partial charge >= 0.3 is 5.97 Å². The van der Waals surface area contributed by atoms with E-state index in [1.54, 1.807) is 5.48 Å². The molecule has 2 aromatic carbocycles. The van der Waals surface area contributed by atoms with Gasteiger partial charge in [-0.25, -0.2) is 5.48 Å². The van der Waals surface area contributed by atoms with Crippen LogP contribution in [0.3, 0.4) is 0 Å². The van der Waals surface area contributed by atoms with Crippen LogP contribution in [-0.4, -0.2) is 24.2 Å². The number of hydroxylamine groups is 1. The number of hydrogen-bond acceptors (Lipinski definition) is 5. The number of esters is 1. The largest absolute Gasteiger partial charge is 0.489 e. The summed E-state index contributed by atoms with van der Waals surface area (Å²) in [5, 5.41) is 8.85. The summed E-state index contributed by atoms with van der Waals surface area (Å²) in [7, 11) is 1.30. The number of amides is 1. The number of methoxy groups -OCH3 is 1. The first-order valence-corrected chi connectivity index (χ1v) is 8.37. The molecule has 0 heterocycles. The van der Waals surface area contributed by atoms with Crippen molar-refractivity contribution in [3.63, 3.8) is 0 Å². The maximum absolute atomic E-state index is 12.2. The topological polar surface area (TPSA) is 84.9 Å². The molecule has 0 radical (unpaired) electrons. The second-order valence-corrected chi connectivity index (χ2v) is 6.48. The van der Waals surface area contributed by atoms with E-state index < -0.39 is 23.2 Å². The van der Waals surface area contributed by atoms with Crippen LogP contribution in [-0.2, 0) is 27.4 Å². The van der Waals surface area contributed by atoms with E-state index in [4.69, 9.17) is 14.7 Å². The molecule has 1 amide bonds. The summed E-state index contributed by atoms with van der Waals surface area (Å²) in [6, 6.07) is 17.3. The molecule has 1 aliphatic carbocycles. The highest BCUT2D eigenvalue weighted by Crippen LogP contribution is 2.55. The van der Waals surface area contributed by atoms with E-state index in [0.29, 0.717) is 25.2 Å². The van der Waals surface area contributed by atoms with Gasteiger partial charge in [-0.15, -0.1) is 0 Å². The molecule has 1 unspecified atom stereocenters. The standard InChI is InChI=1S/C20H21NO5/c1-25-19(23)20(12-17(20)18(22)21-24)11-15-8-5-9-16(10-15)26-13-14-6-3-2-4-7-14/h2-10,17,24H,11-13H2,1H3,(H,21,22)/t17?,20-/m0/s1. The maximum Gasteiger partial charge on any atom is 0.312 e. The van der Waals surface area contributed by atoms with Crippen molar-refractivity contribution >= 4 is 11.9 Å². The van der Waals surface area contributed by atoms with E-state index in [-0.39, 0.29) is 0 Å². The van der Waals surface area contributed by atoms with Gasteiger partial charge in [0.1, 0.15) is 12.4 Å². The zero-order valence-electron chi connectivity index (χ0n) is 14.5. The van der Waals surface area contributed by atoms with E-state index in [1.807, 2.05) is 54.6 Å². The quantitative estimate of drug-likeness (QED) is 0.453. The number of nitrogens with one attached hydrogen (secondary N) is 1. The number of benzene rings is 2. The van der Waals surface area contributed by atoms with Gasteiger partial charge in [-0.2, -0.15) is 0 Å². The summed E-state index contributed by atoms with van der Waals surface area (Å²) in [5.41, 5.74) is 2.62. The lowest BCUT2D eigenvalue weighted by Gasteiger charge is -2.15. The van der Waals surface area contributed by atoms with Crippen LogP contribution in [0.1, 0.15) is 17.5 Å². The molecule has 1 fully saturated rings. The van der Waals surface area contributed by atoms with Gasteiger partial charge in [0.15, 0.2) is 0 Å². The molecular formula is C20H21NO5. The van der Waals surface area contributed by atoms with Gasteiger partial charge in [-0.05, 0) is 36.1 Å². The lowest BCUT2D eigenvalue weighted by Crippen LogP contribution is -2.30. The van der Waals surface area contributed by atoms with E-state index in [0.717, 1.165) is 11.1 Å². The second-order valence-electron chi connectivity index (χ2n) is 6.48. The Morgan fingerprint density at radius 1 is 1.15 bits per heavy atom. The van der Waals surface area contributed by atoms with Crippen molar-refractivity contribution in [2.24, 2.45) is 11.3 Å². The van der Waals surface area contributed by atoms with Crippen molar-refractivity contribution in [3.05, 3.63) is 65.7 Å². The average molecular weight is 355 g/mol. The van der Waals surface area contributed by atoms with Gasteiger partial charge < -0.3 is 9.47 Å². The summed E-state index contributed by atoms with van der Waals surface area (Å²) >= 11 is 0. The predicted molar refractivity (Wildman–Crippen MR) is 93.4 cm³/mol. The Morgan fingerprint density at radius 2 is 1.88 bits per heavy atom. The smallest absolute Gasteiger partial charge is 0.312 e. The highest BCUT2D eigenvalue weighted by molar-refractivity contribution is 5.93. The van der Waals surface area contributed by atoms with Gasteiger partial charge in [0.05, 0.1) is 18.4 Å². The molecule has 6 heteroatoms. The zero-order chi connectivity index (χ0) is 18.6. The van der Waals surface area contributed by atoms with Crippen molar-refractivity contribution in [3.8, 4) is 5.75 Å². The Balaban J connectivity index is 1.71. The molecule has 3 rings (SSSR count). The third-order valence-electron chi connectivity index (χ3n) is 4.76. The summed E-state index contributed by atoms with van der Waals surface area (Å²) < 4.78 is 10.7. The van der Waals surface area contributed by atoms with Crippen LogP contribution < -0.4 is 10.2 Å². The van der Waals surface area contributed by atoms with Gasteiger partial charge in [0.2, 0.25) is 5.91 Å². The highest BCUT2D eigenvalue weighted by Gasteiger charge is 2.64. The van der Waals surface area contributed by atoms with Crippen LogP contribution in [0.15, 0.2) is 54.6 Å². The maximum atomic E-state index is 12.2. The summed E-state index contributed by atoms with van der Waals surface area (Å²) in [4.78, 5) is 23.9. The molecule has 6 nitrogen and oxygen atoms in total. The first kappa shape index (κ1) is 17.9. The Morgan fingerprint density at radius 3 is 2.58 bits per heavy atom. The number of ether oxygens (including phenoxy) is 2. The van der Waals surface area contributed by atoms with E-state index in [2.05, 4.69) is 0 Å². The molecule has 2 N–H and O–H groups in total. The third-order valence-corrected chi connectivity index (χ3v) is 4.76. The predicted octanol–water partition coefficient (Wildman–Crippen LogP) is 2.49. The lowest BCUT2D eigenvalue weighted by atomic mass is 9.93. The highest BCUT2D eigenvalue weighted by atomic mass is 16.5. The molecule has 1 aliphatic rings. The molecular weight excluding hydrogens is 334 g/mol. The first-order valence-electron chi connectivity index (χ1n) is 8.37. The SMILES string of the molecule is COC(=O)[C@@]1(Cc2cccc(OCc3ccccc3)c2)CC1C(=O)NO. The zero-order valence-corrected chi connectivity index (χ0v) is 14.5. The molecule has 1 saturated carbocycles. The van der Waals surface area contributed by atoms with Gasteiger partial charge in [0.25, 0.3) is 0 Å². The summed E-state index contributed by atoms with van der Waals surface area (Å²) in [5.74, 6) is -0.905. The van der Waals surface area contributed by atoms with Crippen LogP contribution in [0.4, 0.5) is 0 Å². The average Bonchev–Trinajstić information content (AvgIpc) is 3.41. The monoisotopic (exact) mass is 355 g/mol. The van der Waals surface area contributed by atoms with E-state index >= 15 is 0 Å². The molecule has 0 bridgehead atoms. The molecule has 0 aromatic heterocycles. The molecule has 2 atom stereocenters. The molecule has 2 aromatic rings. The minimum atomic E-state index is -0.931. The fourth-order valence-corrected chi connectivity index (χ4v) is 3.27. The summed E-state index contributed by atoms with van der Waals surface area (Å²) in [6.07, 6.45) is 0.696. The van der Waals surface area contributed by atoms with E-state index in [1.165, 1.54) is 7.11 Å². The fraction of sp³-hybridized carbons (Fsp3) is 0.300. The Labute approximate surface area is 151 Å². The van der Waals surface area contributed by atoms with Crippen molar-refractivity contribution in [1.29, 1.82) is 0 Å². The van der Waals surface area contributed by atoms with Crippen molar-refractivity contribution < 1.29 is 24.3 Å². The third kappa shape index (κ3) is 3.70. The lowest BCUT2D eigenvalue weighted by molar-refractivity contribution is -0.149. The van der Waals surface area contributed by atoms with Gasteiger partial charge in [0, 0.05) is 0 Å². The van der Waals surface area contributed by atoms with Crippen molar-refractivity contribution in [2.45, 2.75) is 19.4 Å². The molecule has 26 heavy (non-hydrogen) atoms. The number of carbonyl (C=O) groups is 2. The first-order chi connectivity index (χ1) is 12.6. The minimum Gasteiger partial charge on any atom is -0.489 e. The fourth-order valence-electron chi connectivity index (χ4n) is 3.27. The Hall–Kier alpha value is -2.86. The second kappa shape index (κ2) is 7.58. The van der Waals surface area contributed by atoms with Crippen molar-refractivity contribution in [1.82, 2.24) is 5.48 Å². The number of rotatable bonds is 7. The van der Waals surface area contributed by atoms with Crippen molar-refractivity contribution in [2.75, 3.05) is 7.11 Å². The van der Waals surface area contributed by atoms with Crippen LogP contribution in [0.5, 0.6) is 5.75 Å². The summed E-state index contributed by atoms with van der Waals surface area (Å²) in [6.45, 7) is 0.446. The molecule has 0 aliphatic heterocycles. The van der Waals surface area contributed by atoms with Gasteiger partial charge in [-0.1, -0.05) is 42.5 Å². The molecule has 0 spiro atoms. The Kier molecular flexibility index (Phi) is 5.23. The van der Waals surface area contributed by atoms with Gasteiger partial charge in [-0.3, -0.25) is 14.8 Å². The van der Waals surface area contributed by atoms with Crippen LogP contribution in [0.2, 0.25) is 0 Å². The van der Waals surface area contributed by atoms with Crippen LogP contribution in [0, 0.1) is 11.3 Å². The van der Waals surface area contributed by atoms with E-state index in [9.17, 15) is 9.59 Å². The van der Waals surface area contributed by atoms with Crippen LogP contribution in [0.25, 0.3) is 0 Å². The minimum absolute atomic E-state index is 0.348.